The Kier molecular flexibility index (Phi) is 7.77. The fraction of sp³-hybridized carbons (Fsp3) is 0.343. The molecule has 6 rings (SSSR count). The molecule has 4 unspecified atom stereocenters. The lowest BCUT2D eigenvalue weighted by atomic mass is 9.72. The number of carboxylic acid groups (broad SMARTS) is 1. The van der Waals surface area contributed by atoms with E-state index in [1.807, 2.05) is 73.7 Å². The molecule has 2 aliphatic heterocycles. The predicted molar refractivity (Wildman–Crippen MR) is 165 cm³/mol. The number of hydrogen-bond donors (Lipinski definition) is 2. The molecule has 6 nitrogen and oxygen atoms in total. The average Bonchev–Trinajstić information content (AvgIpc) is 3.48. The van der Waals surface area contributed by atoms with Crippen LogP contribution in [0, 0.1) is 24.7 Å². The van der Waals surface area contributed by atoms with Gasteiger partial charge in [-0.2, -0.15) is 0 Å². The number of aryl methyl sites for hydroxylation is 1. The first-order valence-corrected chi connectivity index (χ1v) is 15.1. The monoisotopic (exact) mass is 582 g/mol. The number of nitrogens with one attached hydrogen (secondary N) is 1. The van der Waals surface area contributed by atoms with Crippen LogP contribution in [0.25, 0.3) is 12.2 Å². The number of halogens is 1. The highest BCUT2D eigenvalue weighted by Gasteiger charge is 2.68. The molecule has 3 aromatic rings. The molecule has 2 saturated heterocycles. The molecule has 0 aromatic heterocycles. The van der Waals surface area contributed by atoms with E-state index >= 15 is 0 Å². The van der Waals surface area contributed by atoms with Crippen molar-refractivity contribution in [3.63, 3.8) is 0 Å². The lowest BCUT2D eigenvalue weighted by molar-refractivity contribution is -0.150. The Labute approximate surface area is 251 Å². The molecule has 2 N–H and O–H groups in total. The van der Waals surface area contributed by atoms with Crippen molar-refractivity contribution < 1.29 is 19.5 Å². The maximum absolute atomic E-state index is 14.2. The van der Waals surface area contributed by atoms with Gasteiger partial charge < -0.3 is 5.11 Å². The van der Waals surface area contributed by atoms with E-state index in [4.69, 9.17) is 11.6 Å². The van der Waals surface area contributed by atoms with Crippen LogP contribution >= 0.6 is 11.6 Å². The maximum atomic E-state index is 14.2. The highest BCUT2D eigenvalue weighted by molar-refractivity contribution is 6.32. The van der Waals surface area contributed by atoms with Crippen LogP contribution in [0.5, 0.6) is 0 Å². The number of benzene rings is 3. The number of aliphatic carboxylic acids is 1. The first-order chi connectivity index (χ1) is 20.3. The second-order valence-electron chi connectivity index (χ2n) is 12.0. The third-order valence-corrected chi connectivity index (χ3v) is 9.76. The van der Waals surface area contributed by atoms with E-state index in [2.05, 4.69) is 5.32 Å². The SMILES string of the molecule is Cc1ccc(N2C(=O)C3C(c4ccc(C=Cc5ccccc5)cc4)NC(CC4CCCCC4)(C(=O)O)C3C2=O)cc1Cl. The Balaban J connectivity index is 1.38. The minimum Gasteiger partial charge on any atom is -0.480 e. The summed E-state index contributed by atoms with van der Waals surface area (Å²) in [5.41, 5.74) is 2.53. The summed E-state index contributed by atoms with van der Waals surface area (Å²) in [4.78, 5) is 42.7. The maximum Gasteiger partial charge on any atom is 0.324 e. The lowest BCUT2D eigenvalue weighted by Gasteiger charge is -2.35. The van der Waals surface area contributed by atoms with Crippen molar-refractivity contribution in [2.24, 2.45) is 17.8 Å². The van der Waals surface area contributed by atoms with E-state index in [9.17, 15) is 19.5 Å². The molecular weight excluding hydrogens is 548 g/mol. The van der Waals surface area contributed by atoms with Crippen LogP contribution in [0.2, 0.25) is 5.02 Å². The van der Waals surface area contributed by atoms with Gasteiger partial charge in [0.15, 0.2) is 0 Å². The summed E-state index contributed by atoms with van der Waals surface area (Å²) in [6.45, 7) is 1.85. The normalized spacial score (nSPS) is 26.2. The van der Waals surface area contributed by atoms with Gasteiger partial charge in [0.2, 0.25) is 11.8 Å². The second kappa shape index (κ2) is 11.5. The molecule has 7 heteroatoms. The van der Waals surface area contributed by atoms with Crippen LogP contribution in [0.3, 0.4) is 0 Å². The first kappa shape index (κ1) is 28.4. The topological polar surface area (TPSA) is 86.7 Å². The number of carbonyl (C=O) groups excluding carboxylic acids is 2. The summed E-state index contributed by atoms with van der Waals surface area (Å²) in [5, 5.41) is 14.6. The van der Waals surface area contributed by atoms with E-state index in [0.717, 1.165) is 54.4 Å². The molecule has 0 spiro atoms. The number of carboxylic acids is 1. The van der Waals surface area contributed by atoms with E-state index in [-0.39, 0.29) is 11.8 Å². The molecule has 0 bridgehead atoms. The molecule has 1 saturated carbocycles. The van der Waals surface area contributed by atoms with E-state index in [1.54, 1.807) is 18.2 Å². The number of anilines is 1. The zero-order chi connectivity index (χ0) is 29.4. The second-order valence-corrected chi connectivity index (χ2v) is 12.4. The number of hydrogen-bond acceptors (Lipinski definition) is 4. The molecule has 0 radical (unpaired) electrons. The molecule has 3 fully saturated rings. The van der Waals surface area contributed by atoms with Gasteiger partial charge in [-0.05, 0) is 53.6 Å². The van der Waals surface area contributed by atoms with Gasteiger partial charge in [0.05, 0.1) is 17.5 Å². The van der Waals surface area contributed by atoms with Gasteiger partial charge in [-0.25, -0.2) is 4.90 Å². The molecular formula is C35H35ClN2O4. The highest BCUT2D eigenvalue weighted by Crippen LogP contribution is 2.52. The summed E-state index contributed by atoms with van der Waals surface area (Å²) >= 11 is 6.39. The van der Waals surface area contributed by atoms with Crippen LogP contribution in [-0.4, -0.2) is 28.4 Å². The largest absolute Gasteiger partial charge is 0.480 e. The Hall–Kier alpha value is -3.74. The number of carbonyl (C=O) groups is 3. The molecule has 3 aliphatic rings. The van der Waals surface area contributed by atoms with Crippen LogP contribution < -0.4 is 10.2 Å². The number of amides is 2. The molecule has 1 aliphatic carbocycles. The zero-order valence-corrected chi connectivity index (χ0v) is 24.4. The molecule has 2 amide bonds. The number of nitrogens with zero attached hydrogens (tertiary/aromatic N) is 1. The van der Waals surface area contributed by atoms with E-state index in [1.165, 1.54) is 4.90 Å². The Morgan fingerprint density at radius 1 is 0.952 bits per heavy atom. The fourth-order valence-corrected chi connectivity index (χ4v) is 7.33. The Bertz CT molecular complexity index is 1530. The standard InChI is InChI=1S/C35H35ClN2O4/c1-22-12-19-27(20-28(22)36)38-32(39)29-30(33(38)40)35(34(41)42,21-25-10-6-3-7-11-25)37-31(29)26-17-15-24(16-18-26)14-13-23-8-4-2-5-9-23/h2,4-5,8-9,12-20,25,29-31,37H,3,6-7,10-11,21H2,1H3,(H,41,42). The number of rotatable bonds is 7. The van der Waals surface area contributed by atoms with Crippen molar-refractivity contribution in [1.82, 2.24) is 5.32 Å². The summed E-state index contributed by atoms with van der Waals surface area (Å²) in [6.07, 6.45) is 9.47. The van der Waals surface area contributed by atoms with Crippen LogP contribution in [0.1, 0.15) is 66.8 Å². The number of imide groups is 1. The number of fused-ring (bicyclic) bond motifs is 1. The van der Waals surface area contributed by atoms with Crippen molar-refractivity contribution in [2.75, 3.05) is 4.90 Å². The van der Waals surface area contributed by atoms with Gasteiger partial charge >= 0.3 is 5.97 Å². The van der Waals surface area contributed by atoms with Gasteiger partial charge in [-0.15, -0.1) is 0 Å². The Morgan fingerprint density at radius 3 is 2.26 bits per heavy atom. The first-order valence-electron chi connectivity index (χ1n) is 14.8. The minimum absolute atomic E-state index is 0.179. The van der Waals surface area contributed by atoms with Gasteiger partial charge in [-0.1, -0.05) is 117 Å². The van der Waals surface area contributed by atoms with Gasteiger partial charge in [0.25, 0.3) is 0 Å². The molecule has 2 heterocycles. The van der Waals surface area contributed by atoms with E-state index in [0.29, 0.717) is 17.1 Å². The third kappa shape index (κ3) is 5.07. The molecule has 42 heavy (non-hydrogen) atoms. The third-order valence-electron chi connectivity index (χ3n) is 9.35. The summed E-state index contributed by atoms with van der Waals surface area (Å²) in [7, 11) is 0. The predicted octanol–water partition coefficient (Wildman–Crippen LogP) is 7.06. The highest BCUT2D eigenvalue weighted by atomic mass is 35.5. The van der Waals surface area contributed by atoms with Crippen LogP contribution in [0.15, 0.2) is 72.8 Å². The van der Waals surface area contributed by atoms with Crippen molar-refractivity contribution >= 4 is 47.2 Å². The van der Waals surface area contributed by atoms with Crippen molar-refractivity contribution in [1.29, 1.82) is 0 Å². The van der Waals surface area contributed by atoms with E-state index < -0.39 is 35.3 Å². The Morgan fingerprint density at radius 2 is 1.62 bits per heavy atom. The van der Waals surface area contributed by atoms with Crippen molar-refractivity contribution in [3.8, 4) is 0 Å². The summed E-state index contributed by atoms with van der Waals surface area (Å²) in [5.74, 6) is -3.62. The zero-order valence-electron chi connectivity index (χ0n) is 23.6. The van der Waals surface area contributed by atoms with Crippen LogP contribution in [-0.2, 0) is 14.4 Å². The van der Waals surface area contributed by atoms with Crippen molar-refractivity contribution in [3.05, 3.63) is 100 Å². The van der Waals surface area contributed by atoms with Crippen LogP contribution in [0.4, 0.5) is 5.69 Å². The quantitative estimate of drug-likeness (QED) is 0.230. The average molecular weight is 583 g/mol. The van der Waals surface area contributed by atoms with Gasteiger partial charge in [0.1, 0.15) is 5.54 Å². The molecule has 3 aromatic carbocycles. The smallest absolute Gasteiger partial charge is 0.324 e. The molecule has 4 atom stereocenters. The summed E-state index contributed by atoms with van der Waals surface area (Å²) < 4.78 is 0. The molecule has 216 valence electrons. The minimum atomic E-state index is -1.54. The fourth-order valence-electron chi connectivity index (χ4n) is 7.15. The summed E-state index contributed by atoms with van der Waals surface area (Å²) in [6, 6.07) is 22.3. The van der Waals surface area contributed by atoms with Gasteiger partial charge in [0, 0.05) is 11.1 Å². The van der Waals surface area contributed by atoms with Gasteiger partial charge in [-0.3, -0.25) is 19.7 Å². The lowest BCUT2D eigenvalue weighted by Crippen LogP contribution is -2.57. The van der Waals surface area contributed by atoms with Crippen molar-refractivity contribution in [2.45, 2.75) is 57.0 Å².